The van der Waals surface area contributed by atoms with Gasteiger partial charge in [0.1, 0.15) is 5.60 Å². The number of amides is 2. The lowest BCUT2D eigenvalue weighted by atomic mass is 10.1. The van der Waals surface area contributed by atoms with Crippen molar-refractivity contribution in [1.82, 2.24) is 0 Å². The van der Waals surface area contributed by atoms with Gasteiger partial charge in [-0.3, -0.25) is 10.1 Å². The average Bonchev–Trinajstić information content (AvgIpc) is 2.62. The van der Waals surface area contributed by atoms with Gasteiger partial charge in [-0.05, 0) is 76.1 Å². The highest BCUT2D eigenvalue weighted by Gasteiger charge is 2.16. The summed E-state index contributed by atoms with van der Waals surface area (Å²) in [5, 5.41) is 5.30. The number of ether oxygens (including phenoxy) is 2. The van der Waals surface area contributed by atoms with E-state index in [0.29, 0.717) is 11.4 Å². The number of hydrogen-bond acceptors (Lipinski definition) is 5. The Kier molecular flexibility index (Phi) is 6.98. The van der Waals surface area contributed by atoms with Crippen molar-refractivity contribution in [3.05, 3.63) is 59.2 Å². The van der Waals surface area contributed by atoms with Crippen LogP contribution in [0.3, 0.4) is 0 Å². The third-order valence-corrected chi connectivity index (χ3v) is 3.98. The summed E-state index contributed by atoms with van der Waals surface area (Å²) in [4.78, 5) is 35.9. The van der Waals surface area contributed by atoms with Crippen molar-refractivity contribution in [2.45, 2.75) is 40.2 Å². The van der Waals surface area contributed by atoms with Crippen molar-refractivity contribution in [3.63, 3.8) is 0 Å². The van der Waals surface area contributed by atoms with Crippen molar-refractivity contribution < 1.29 is 23.9 Å². The van der Waals surface area contributed by atoms with Gasteiger partial charge in [0.2, 0.25) is 0 Å². The van der Waals surface area contributed by atoms with Gasteiger partial charge in [0.05, 0.1) is 5.56 Å². The molecule has 2 amide bonds. The maximum Gasteiger partial charge on any atom is 0.412 e. The number of carbonyl (C=O) groups is 3. The summed E-state index contributed by atoms with van der Waals surface area (Å²) < 4.78 is 10.2. The first kappa shape index (κ1) is 21.9. The van der Waals surface area contributed by atoms with E-state index >= 15 is 0 Å². The molecule has 0 bridgehead atoms. The molecule has 2 N–H and O–H groups in total. The van der Waals surface area contributed by atoms with Gasteiger partial charge in [0.15, 0.2) is 6.61 Å². The van der Waals surface area contributed by atoms with E-state index in [1.165, 1.54) is 12.1 Å². The number of anilines is 2. The highest BCUT2D eigenvalue weighted by atomic mass is 16.6. The van der Waals surface area contributed by atoms with Crippen LogP contribution in [0.5, 0.6) is 0 Å². The lowest BCUT2D eigenvalue weighted by Crippen LogP contribution is -2.27. The first-order valence-corrected chi connectivity index (χ1v) is 9.18. The van der Waals surface area contributed by atoms with E-state index < -0.39 is 30.2 Å². The molecule has 0 spiro atoms. The molecular weight excluding hydrogens is 372 g/mol. The van der Waals surface area contributed by atoms with E-state index in [2.05, 4.69) is 10.6 Å². The predicted molar refractivity (Wildman–Crippen MR) is 111 cm³/mol. The van der Waals surface area contributed by atoms with Gasteiger partial charge >= 0.3 is 12.1 Å². The van der Waals surface area contributed by atoms with Gasteiger partial charge in [-0.1, -0.05) is 12.1 Å². The van der Waals surface area contributed by atoms with Gasteiger partial charge < -0.3 is 14.8 Å². The molecule has 0 fully saturated rings. The number of aryl methyl sites for hydroxylation is 1. The number of nitrogens with one attached hydrogen (secondary N) is 2. The summed E-state index contributed by atoms with van der Waals surface area (Å²) in [6.07, 6.45) is -0.587. The van der Waals surface area contributed by atoms with Crippen LogP contribution in [0.25, 0.3) is 0 Å². The third kappa shape index (κ3) is 6.95. The normalized spacial score (nSPS) is 10.8. The molecule has 0 unspecified atom stereocenters. The minimum absolute atomic E-state index is 0.263. The lowest BCUT2D eigenvalue weighted by molar-refractivity contribution is -0.119. The fraction of sp³-hybridized carbons (Fsp3) is 0.318. The number of benzene rings is 2. The highest BCUT2D eigenvalue weighted by Crippen LogP contribution is 2.18. The Labute approximate surface area is 170 Å². The summed E-state index contributed by atoms with van der Waals surface area (Å²) in [7, 11) is 0. The molecule has 0 saturated heterocycles. The van der Waals surface area contributed by atoms with Crippen LogP contribution in [-0.2, 0) is 14.3 Å². The first-order valence-electron chi connectivity index (χ1n) is 9.18. The zero-order valence-electron chi connectivity index (χ0n) is 17.3. The average molecular weight is 398 g/mol. The van der Waals surface area contributed by atoms with E-state index in [0.717, 1.165) is 11.1 Å². The summed E-state index contributed by atoms with van der Waals surface area (Å²) in [6, 6.07) is 11.7. The number of rotatable bonds is 5. The summed E-state index contributed by atoms with van der Waals surface area (Å²) in [5.74, 6) is -1.06. The standard InChI is InChI=1S/C22H26N2O5/c1-14-7-6-8-18(15(14)2)24-19(25)13-28-20(26)16-9-11-17(12-10-16)23-21(27)29-22(3,4)5/h6-12H,13H2,1-5H3,(H,23,27)(H,24,25). The fourth-order valence-corrected chi connectivity index (χ4v) is 2.40. The Morgan fingerprint density at radius 3 is 2.21 bits per heavy atom. The molecule has 0 heterocycles. The highest BCUT2D eigenvalue weighted by molar-refractivity contribution is 5.96. The molecule has 2 aromatic rings. The van der Waals surface area contributed by atoms with E-state index in [4.69, 9.17) is 9.47 Å². The van der Waals surface area contributed by atoms with Crippen LogP contribution in [0.4, 0.5) is 16.2 Å². The van der Waals surface area contributed by atoms with Crippen molar-refractivity contribution in [3.8, 4) is 0 Å². The molecule has 0 radical (unpaired) electrons. The number of hydrogen-bond donors (Lipinski definition) is 2. The maximum absolute atomic E-state index is 12.1. The van der Waals surface area contributed by atoms with Gasteiger partial charge in [0.25, 0.3) is 5.91 Å². The van der Waals surface area contributed by atoms with Crippen LogP contribution in [0, 0.1) is 13.8 Å². The first-order chi connectivity index (χ1) is 13.5. The Hall–Kier alpha value is -3.35. The molecule has 29 heavy (non-hydrogen) atoms. The zero-order chi connectivity index (χ0) is 21.6. The molecule has 7 nitrogen and oxygen atoms in total. The van der Waals surface area contributed by atoms with Crippen LogP contribution in [0.15, 0.2) is 42.5 Å². The van der Waals surface area contributed by atoms with Gasteiger partial charge in [0, 0.05) is 11.4 Å². The Balaban J connectivity index is 1.86. The topological polar surface area (TPSA) is 93.7 Å². The van der Waals surface area contributed by atoms with E-state index in [1.807, 2.05) is 26.0 Å². The van der Waals surface area contributed by atoms with Crippen LogP contribution >= 0.6 is 0 Å². The maximum atomic E-state index is 12.1. The molecule has 0 aromatic heterocycles. The van der Waals surface area contributed by atoms with Crippen molar-refractivity contribution in [1.29, 1.82) is 0 Å². The van der Waals surface area contributed by atoms with Crippen LogP contribution in [0.2, 0.25) is 0 Å². The Morgan fingerprint density at radius 2 is 1.59 bits per heavy atom. The quantitative estimate of drug-likeness (QED) is 0.726. The van der Waals surface area contributed by atoms with Crippen molar-refractivity contribution in [2.24, 2.45) is 0 Å². The lowest BCUT2D eigenvalue weighted by Gasteiger charge is -2.19. The molecule has 2 aromatic carbocycles. The summed E-state index contributed by atoms with van der Waals surface area (Å²) in [6.45, 7) is 8.76. The molecule has 0 saturated carbocycles. The van der Waals surface area contributed by atoms with E-state index in [1.54, 1.807) is 39.0 Å². The van der Waals surface area contributed by atoms with Crippen LogP contribution in [-0.4, -0.2) is 30.2 Å². The third-order valence-electron chi connectivity index (χ3n) is 3.98. The summed E-state index contributed by atoms with van der Waals surface area (Å²) >= 11 is 0. The SMILES string of the molecule is Cc1cccc(NC(=O)COC(=O)c2ccc(NC(=O)OC(C)(C)C)cc2)c1C. The second-order valence-corrected chi connectivity index (χ2v) is 7.58. The largest absolute Gasteiger partial charge is 0.452 e. The van der Waals surface area contributed by atoms with Gasteiger partial charge in [-0.15, -0.1) is 0 Å². The van der Waals surface area contributed by atoms with Crippen LogP contribution < -0.4 is 10.6 Å². The molecule has 7 heteroatoms. The zero-order valence-corrected chi connectivity index (χ0v) is 17.3. The number of carbonyl (C=O) groups excluding carboxylic acids is 3. The molecule has 2 rings (SSSR count). The van der Waals surface area contributed by atoms with Crippen LogP contribution in [0.1, 0.15) is 42.3 Å². The minimum atomic E-state index is -0.634. The van der Waals surface area contributed by atoms with E-state index in [-0.39, 0.29) is 5.56 Å². The number of esters is 1. The molecule has 0 aliphatic carbocycles. The molecule has 154 valence electrons. The predicted octanol–water partition coefficient (Wildman–Crippen LogP) is 4.45. The molecule has 0 aliphatic heterocycles. The van der Waals surface area contributed by atoms with Crippen molar-refractivity contribution >= 4 is 29.3 Å². The van der Waals surface area contributed by atoms with Gasteiger partial charge in [-0.2, -0.15) is 0 Å². The summed E-state index contributed by atoms with van der Waals surface area (Å²) in [5.41, 5.74) is 2.83. The molecular formula is C22H26N2O5. The second-order valence-electron chi connectivity index (χ2n) is 7.58. The Morgan fingerprint density at radius 1 is 0.931 bits per heavy atom. The van der Waals surface area contributed by atoms with Gasteiger partial charge in [-0.25, -0.2) is 9.59 Å². The smallest absolute Gasteiger partial charge is 0.412 e. The van der Waals surface area contributed by atoms with Crippen molar-refractivity contribution in [2.75, 3.05) is 17.2 Å². The minimum Gasteiger partial charge on any atom is -0.452 e. The molecule has 0 aliphatic rings. The molecule has 0 atom stereocenters. The Bertz CT molecular complexity index is 898. The second kappa shape index (κ2) is 9.23. The fourth-order valence-electron chi connectivity index (χ4n) is 2.40. The van der Waals surface area contributed by atoms with E-state index in [9.17, 15) is 14.4 Å². The monoisotopic (exact) mass is 398 g/mol.